The average Bonchev–Trinajstić information content (AvgIpc) is 3.22. The Morgan fingerprint density at radius 3 is 2.34 bits per heavy atom. The van der Waals surface area contributed by atoms with E-state index in [0.717, 1.165) is 0 Å². The first-order chi connectivity index (χ1) is 15.4. The van der Waals surface area contributed by atoms with Gasteiger partial charge in [-0.3, -0.25) is 9.69 Å². The Morgan fingerprint density at radius 1 is 1.09 bits per heavy atom. The maximum atomic E-state index is 14.1. The van der Waals surface area contributed by atoms with Gasteiger partial charge < -0.3 is 19.1 Å². The van der Waals surface area contributed by atoms with Gasteiger partial charge in [0.25, 0.3) is 5.91 Å². The SMILES string of the molecule is COc1cc(/C=C/C(=O)N(CCN(C)C)c2nc3c(F)cccc3s2)cc(OC)c1OC. The zero-order chi connectivity index (χ0) is 23.3. The van der Waals surface area contributed by atoms with Crippen molar-refractivity contribution in [3.63, 3.8) is 0 Å². The van der Waals surface area contributed by atoms with E-state index in [1.807, 2.05) is 19.0 Å². The molecule has 170 valence electrons. The van der Waals surface area contributed by atoms with E-state index in [1.54, 1.807) is 35.2 Å². The van der Waals surface area contributed by atoms with Crippen LogP contribution in [0, 0.1) is 5.82 Å². The topological polar surface area (TPSA) is 64.1 Å². The van der Waals surface area contributed by atoms with Gasteiger partial charge in [0.2, 0.25) is 5.75 Å². The quantitative estimate of drug-likeness (QED) is 0.450. The lowest BCUT2D eigenvalue weighted by Crippen LogP contribution is -2.35. The number of hydrogen-bond donors (Lipinski definition) is 0. The summed E-state index contributed by atoms with van der Waals surface area (Å²) in [7, 11) is 8.44. The van der Waals surface area contributed by atoms with Gasteiger partial charge in [-0.05, 0) is 50.0 Å². The van der Waals surface area contributed by atoms with Crippen molar-refractivity contribution in [1.82, 2.24) is 9.88 Å². The van der Waals surface area contributed by atoms with E-state index in [2.05, 4.69) is 4.98 Å². The lowest BCUT2D eigenvalue weighted by molar-refractivity contribution is -0.114. The fourth-order valence-corrected chi connectivity index (χ4v) is 4.09. The van der Waals surface area contributed by atoms with Crippen LogP contribution in [-0.2, 0) is 4.79 Å². The zero-order valence-corrected chi connectivity index (χ0v) is 19.5. The van der Waals surface area contributed by atoms with E-state index < -0.39 is 5.82 Å². The second kappa shape index (κ2) is 10.4. The number of anilines is 1. The Hall–Kier alpha value is -3.17. The summed E-state index contributed by atoms with van der Waals surface area (Å²) in [6.07, 6.45) is 3.13. The zero-order valence-electron chi connectivity index (χ0n) is 18.7. The molecule has 0 saturated carbocycles. The van der Waals surface area contributed by atoms with Crippen molar-refractivity contribution in [1.29, 1.82) is 0 Å². The summed E-state index contributed by atoms with van der Waals surface area (Å²) in [5, 5.41) is 0.450. The number of methoxy groups -OCH3 is 3. The molecule has 32 heavy (non-hydrogen) atoms. The van der Waals surface area contributed by atoms with Gasteiger partial charge in [-0.1, -0.05) is 17.4 Å². The van der Waals surface area contributed by atoms with Gasteiger partial charge in [-0.15, -0.1) is 0 Å². The smallest absolute Gasteiger partial charge is 0.252 e. The fraction of sp³-hybridized carbons (Fsp3) is 0.304. The van der Waals surface area contributed by atoms with Crippen LogP contribution >= 0.6 is 11.3 Å². The monoisotopic (exact) mass is 459 g/mol. The minimum Gasteiger partial charge on any atom is -0.493 e. The molecule has 0 aliphatic carbocycles. The largest absolute Gasteiger partial charge is 0.493 e. The minimum atomic E-state index is -0.405. The molecule has 0 aliphatic rings. The van der Waals surface area contributed by atoms with Gasteiger partial charge in [-0.2, -0.15) is 0 Å². The molecule has 0 spiro atoms. The number of fused-ring (bicyclic) bond motifs is 1. The fourth-order valence-electron chi connectivity index (χ4n) is 3.07. The molecular weight excluding hydrogens is 433 g/mol. The van der Waals surface area contributed by atoms with Crippen molar-refractivity contribution in [3.05, 3.63) is 47.8 Å². The van der Waals surface area contributed by atoms with Crippen molar-refractivity contribution in [2.24, 2.45) is 0 Å². The second-order valence-corrected chi connectivity index (χ2v) is 8.18. The van der Waals surface area contributed by atoms with Crippen LogP contribution in [0.4, 0.5) is 9.52 Å². The first kappa shape index (κ1) is 23.5. The number of likely N-dealkylation sites (N-methyl/N-ethyl adjacent to an activating group) is 1. The molecule has 9 heteroatoms. The summed E-state index contributed by atoms with van der Waals surface area (Å²) < 4.78 is 30.9. The van der Waals surface area contributed by atoms with Gasteiger partial charge in [0.1, 0.15) is 11.3 Å². The Kier molecular flexibility index (Phi) is 7.66. The van der Waals surface area contributed by atoms with Crippen LogP contribution in [0.1, 0.15) is 5.56 Å². The van der Waals surface area contributed by atoms with E-state index in [1.165, 1.54) is 44.8 Å². The van der Waals surface area contributed by atoms with Crippen LogP contribution in [-0.4, -0.2) is 64.3 Å². The molecule has 0 N–H and O–H groups in total. The number of para-hydroxylation sites is 1. The summed E-state index contributed by atoms with van der Waals surface area (Å²) >= 11 is 1.28. The standard InChI is InChI=1S/C23H26FN3O4S/c1-26(2)11-12-27(23-25-21-16(24)7-6-8-19(21)32-23)20(28)10-9-15-13-17(29-3)22(31-5)18(14-15)30-4/h6-10,13-14H,11-12H2,1-5H3/b10-9+. The Morgan fingerprint density at radius 2 is 1.78 bits per heavy atom. The molecule has 1 amide bonds. The van der Waals surface area contributed by atoms with Gasteiger partial charge >= 0.3 is 0 Å². The average molecular weight is 460 g/mol. The first-order valence-electron chi connectivity index (χ1n) is 9.87. The van der Waals surface area contributed by atoms with E-state index >= 15 is 0 Å². The number of thiazole rings is 1. The third-order valence-electron chi connectivity index (χ3n) is 4.73. The molecule has 0 aliphatic heterocycles. The van der Waals surface area contributed by atoms with Crippen molar-refractivity contribution >= 4 is 38.7 Å². The van der Waals surface area contributed by atoms with Crippen LogP contribution in [0.15, 0.2) is 36.4 Å². The Labute approximate surface area is 190 Å². The number of benzene rings is 2. The second-order valence-electron chi connectivity index (χ2n) is 7.17. The van der Waals surface area contributed by atoms with E-state index in [-0.39, 0.29) is 11.4 Å². The van der Waals surface area contributed by atoms with Crippen LogP contribution in [0.25, 0.3) is 16.3 Å². The number of ether oxygens (including phenoxy) is 3. The molecule has 0 radical (unpaired) electrons. The normalized spacial score (nSPS) is 11.3. The van der Waals surface area contributed by atoms with Crippen molar-refractivity contribution < 1.29 is 23.4 Å². The number of halogens is 1. The molecule has 0 saturated heterocycles. The number of nitrogens with zero attached hydrogens (tertiary/aromatic N) is 3. The van der Waals surface area contributed by atoms with Crippen molar-refractivity contribution in [3.8, 4) is 17.2 Å². The Bertz CT molecular complexity index is 1100. The highest BCUT2D eigenvalue weighted by Crippen LogP contribution is 2.38. The van der Waals surface area contributed by atoms with E-state index in [0.29, 0.717) is 45.7 Å². The van der Waals surface area contributed by atoms with Crippen LogP contribution < -0.4 is 19.1 Å². The summed E-state index contributed by atoms with van der Waals surface area (Å²) in [4.78, 5) is 21.0. The molecule has 0 bridgehead atoms. The lowest BCUT2D eigenvalue weighted by atomic mass is 10.1. The third-order valence-corrected chi connectivity index (χ3v) is 5.78. The highest BCUT2D eigenvalue weighted by Gasteiger charge is 2.19. The highest BCUT2D eigenvalue weighted by molar-refractivity contribution is 7.22. The molecule has 0 atom stereocenters. The molecule has 1 aromatic heterocycles. The Balaban J connectivity index is 1.93. The van der Waals surface area contributed by atoms with Gasteiger partial charge in [0, 0.05) is 19.2 Å². The molecule has 3 rings (SSSR count). The van der Waals surface area contributed by atoms with Crippen LogP contribution in [0.3, 0.4) is 0 Å². The third kappa shape index (κ3) is 5.17. The van der Waals surface area contributed by atoms with E-state index in [4.69, 9.17) is 14.2 Å². The molecule has 3 aromatic rings. The van der Waals surface area contributed by atoms with Crippen LogP contribution in [0.2, 0.25) is 0 Å². The molecule has 0 fully saturated rings. The summed E-state index contributed by atoms with van der Waals surface area (Å²) in [5.74, 6) is 0.788. The molecule has 2 aromatic carbocycles. The predicted molar refractivity (Wildman–Crippen MR) is 126 cm³/mol. The van der Waals surface area contributed by atoms with Gasteiger partial charge in [0.05, 0.1) is 26.0 Å². The van der Waals surface area contributed by atoms with Gasteiger partial charge in [-0.25, -0.2) is 9.37 Å². The molecular formula is C23H26FN3O4S. The number of rotatable bonds is 9. The first-order valence-corrected chi connectivity index (χ1v) is 10.7. The van der Waals surface area contributed by atoms with E-state index in [9.17, 15) is 9.18 Å². The molecule has 7 nitrogen and oxygen atoms in total. The minimum absolute atomic E-state index is 0.264. The maximum Gasteiger partial charge on any atom is 0.252 e. The number of aromatic nitrogens is 1. The number of amides is 1. The lowest BCUT2D eigenvalue weighted by Gasteiger charge is -2.20. The molecule has 0 unspecified atom stereocenters. The summed E-state index contributed by atoms with van der Waals surface area (Å²) in [5.41, 5.74) is 0.972. The summed E-state index contributed by atoms with van der Waals surface area (Å²) in [6.45, 7) is 1.04. The highest BCUT2D eigenvalue weighted by atomic mass is 32.1. The number of carbonyl (C=O) groups excluding carboxylic acids is 1. The summed E-state index contributed by atoms with van der Waals surface area (Å²) in [6, 6.07) is 8.29. The van der Waals surface area contributed by atoms with Gasteiger partial charge in [0.15, 0.2) is 16.6 Å². The molecule has 1 heterocycles. The van der Waals surface area contributed by atoms with Crippen LogP contribution in [0.5, 0.6) is 17.2 Å². The van der Waals surface area contributed by atoms with Crippen molar-refractivity contribution in [2.45, 2.75) is 0 Å². The maximum absolute atomic E-state index is 14.1. The number of carbonyl (C=O) groups is 1. The number of hydrogen-bond acceptors (Lipinski definition) is 7. The predicted octanol–water partition coefficient (Wildman–Crippen LogP) is 4.07. The van der Waals surface area contributed by atoms with Crippen molar-refractivity contribution in [2.75, 3.05) is 53.4 Å².